The fourth-order valence-corrected chi connectivity index (χ4v) is 2.86. The highest BCUT2D eigenvalue weighted by atomic mass is 19.1. The van der Waals surface area contributed by atoms with Gasteiger partial charge in [0.25, 0.3) is 0 Å². The van der Waals surface area contributed by atoms with Crippen molar-refractivity contribution in [3.05, 3.63) is 84.7 Å². The van der Waals surface area contributed by atoms with E-state index >= 15 is 0 Å². The molecular formula is C19H16FN7O. The number of amides is 1. The first kappa shape index (κ1) is 17.5. The summed E-state index contributed by atoms with van der Waals surface area (Å²) in [5.41, 5.74) is 1.59. The summed E-state index contributed by atoms with van der Waals surface area (Å²) in [5, 5.41) is 17.8. The van der Waals surface area contributed by atoms with E-state index in [1.807, 2.05) is 30.3 Å². The van der Waals surface area contributed by atoms with E-state index in [9.17, 15) is 9.18 Å². The number of tetrazole rings is 1. The zero-order valence-corrected chi connectivity index (χ0v) is 14.7. The number of hydrogen-bond donors (Lipinski definition) is 1. The van der Waals surface area contributed by atoms with E-state index in [1.54, 1.807) is 30.6 Å². The van der Waals surface area contributed by atoms with Crippen LogP contribution in [0.1, 0.15) is 11.6 Å². The van der Waals surface area contributed by atoms with Gasteiger partial charge in [0.15, 0.2) is 5.82 Å². The molecule has 2 aromatic carbocycles. The third-order valence-electron chi connectivity index (χ3n) is 4.23. The number of halogens is 1. The van der Waals surface area contributed by atoms with Crippen molar-refractivity contribution in [2.45, 2.75) is 12.5 Å². The van der Waals surface area contributed by atoms with Crippen LogP contribution in [0.4, 0.5) is 10.1 Å². The lowest BCUT2D eigenvalue weighted by Gasteiger charge is -2.17. The largest absolute Gasteiger partial charge is 0.324 e. The maximum atomic E-state index is 14.4. The lowest BCUT2D eigenvalue weighted by Crippen LogP contribution is -2.28. The molecule has 1 unspecified atom stereocenters. The van der Waals surface area contributed by atoms with Gasteiger partial charge in [0, 0.05) is 24.5 Å². The van der Waals surface area contributed by atoms with Crippen LogP contribution in [0.5, 0.6) is 0 Å². The summed E-state index contributed by atoms with van der Waals surface area (Å²) in [7, 11) is 0. The smallest absolute Gasteiger partial charge is 0.249 e. The van der Waals surface area contributed by atoms with Crippen molar-refractivity contribution < 1.29 is 9.18 Å². The predicted octanol–water partition coefficient (Wildman–Crippen LogP) is 2.42. The second-order valence-corrected chi connectivity index (χ2v) is 6.10. The van der Waals surface area contributed by atoms with Gasteiger partial charge in [-0.2, -0.15) is 5.10 Å². The Hall–Kier alpha value is -3.88. The molecule has 140 valence electrons. The molecule has 4 rings (SSSR count). The molecule has 8 nitrogen and oxygen atoms in total. The Labute approximate surface area is 159 Å². The molecule has 0 spiro atoms. The molecule has 0 aliphatic heterocycles. The van der Waals surface area contributed by atoms with E-state index in [1.165, 1.54) is 21.8 Å². The van der Waals surface area contributed by atoms with E-state index in [0.29, 0.717) is 17.8 Å². The van der Waals surface area contributed by atoms with Gasteiger partial charge in [0.1, 0.15) is 18.1 Å². The molecule has 28 heavy (non-hydrogen) atoms. The highest BCUT2D eigenvalue weighted by Crippen LogP contribution is 2.20. The zero-order valence-electron chi connectivity index (χ0n) is 14.7. The summed E-state index contributed by atoms with van der Waals surface area (Å²) in [5.74, 6) is -0.842. The quantitative estimate of drug-likeness (QED) is 0.557. The highest BCUT2D eigenvalue weighted by molar-refractivity contribution is 5.93. The Morgan fingerprint density at radius 1 is 1.14 bits per heavy atom. The molecule has 0 aliphatic carbocycles. The van der Waals surface area contributed by atoms with Crippen LogP contribution < -0.4 is 5.32 Å². The summed E-state index contributed by atoms with van der Waals surface area (Å²) >= 11 is 0. The summed E-state index contributed by atoms with van der Waals surface area (Å²) in [6.07, 6.45) is 4.99. The molecule has 1 atom stereocenters. The van der Waals surface area contributed by atoms with Crippen molar-refractivity contribution in [2.75, 3.05) is 5.32 Å². The molecule has 0 aliphatic rings. The van der Waals surface area contributed by atoms with E-state index in [2.05, 4.69) is 25.9 Å². The molecule has 0 saturated carbocycles. The molecule has 1 N–H and O–H groups in total. The van der Waals surface area contributed by atoms with Crippen LogP contribution in [0.2, 0.25) is 0 Å². The first-order valence-electron chi connectivity index (χ1n) is 8.57. The molecular weight excluding hydrogens is 361 g/mol. The summed E-state index contributed by atoms with van der Waals surface area (Å²) in [6, 6.07) is 15.0. The number of nitrogens with zero attached hydrogens (tertiary/aromatic N) is 6. The molecule has 4 aromatic rings. The second-order valence-electron chi connectivity index (χ2n) is 6.10. The van der Waals surface area contributed by atoms with Crippen molar-refractivity contribution in [3.8, 4) is 5.69 Å². The molecule has 0 fully saturated rings. The van der Waals surface area contributed by atoms with Gasteiger partial charge in [-0.05, 0) is 40.3 Å². The Balaban J connectivity index is 1.55. The van der Waals surface area contributed by atoms with Crippen LogP contribution in [-0.2, 0) is 11.2 Å². The van der Waals surface area contributed by atoms with Gasteiger partial charge in [-0.1, -0.05) is 30.3 Å². The number of hydrogen-bond acceptors (Lipinski definition) is 5. The third kappa shape index (κ3) is 3.78. The minimum atomic E-state index is -0.675. The number of aromatic nitrogens is 6. The molecule has 2 aromatic heterocycles. The number of carbonyl (C=O) groups is 1. The first-order chi connectivity index (χ1) is 13.7. The van der Waals surface area contributed by atoms with E-state index in [-0.39, 0.29) is 5.91 Å². The van der Waals surface area contributed by atoms with Crippen LogP contribution in [0, 0.1) is 5.82 Å². The minimum absolute atomic E-state index is 0.296. The van der Waals surface area contributed by atoms with Crippen LogP contribution in [-0.4, -0.2) is 35.9 Å². The summed E-state index contributed by atoms with van der Waals surface area (Å²) in [4.78, 5) is 12.9. The molecule has 9 heteroatoms. The van der Waals surface area contributed by atoms with E-state index in [4.69, 9.17) is 0 Å². The lowest BCUT2D eigenvalue weighted by atomic mass is 10.1. The Morgan fingerprint density at radius 3 is 2.68 bits per heavy atom. The predicted molar refractivity (Wildman–Crippen MR) is 99.2 cm³/mol. The highest BCUT2D eigenvalue weighted by Gasteiger charge is 2.23. The Bertz CT molecular complexity index is 1050. The number of anilines is 1. The zero-order chi connectivity index (χ0) is 19.3. The maximum Gasteiger partial charge on any atom is 0.249 e. The standard InChI is InChI=1S/C19H16FN7O/c20-16-12-15(7-8-17(16)26-10-4-9-22-26)23-19(28)18(27-13-21-24-25-27)11-14-5-2-1-3-6-14/h1-10,12-13,18H,11H2,(H,23,28). The summed E-state index contributed by atoms with van der Waals surface area (Å²) in [6.45, 7) is 0. The van der Waals surface area contributed by atoms with Gasteiger partial charge in [0.2, 0.25) is 5.91 Å². The number of rotatable bonds is 6. The summed E-state index contributed by atoms with van der Waals surface area (Å²) < 4.78 is 17.2. The average molecular weight is 377 g/mol. The minimum Gasteiger partial charge on any atom is -0.324 e. The van der Waals surface area contributed by atoms with Crippen molar-refractivity contribution >= 4 is 11.6 Å². The van der Waals surface area contributed by atoms with Gasteiger partial charge < -0.3 is 5.32 Å². The second kappa shape index (κ2) is 7.78. The van der Waals surface area contributed by atoms with Gasteiger partial charge in [-0.3, -0.25) is 4.79 Å². The van der Waals surface area contributed by atoms with Crippen LogP contribution in [0.25, 0.3) is 5.69 Å². The number of benzene rings is 2. The van der Waals surface area contributed by atoms with E-state index in [0.717, 1.165) is 5.56 Å². The molecule has 0 bridgehead atoms. The molecule has 0 saturated heterocycles. The maximum absolute atomic E-state index is 14.4. The molecule has 1 amide bonds. The Morgan fingerprint density at radius 2 is 2.00 bits per heavy atom. The van der Waals surface area contributed by atoms with Crippen LogP contribution >= 0.6 is 0 Å². The van der Waals surface area contributed by atoms with Crippen molar-refractivity contribution in [3.63, 3.8) is 0 Å². The monoisotopic (exact) mass is 377 g/mol. The number of nitrogens with one attached hydrogen (secondary N) is 1. The van der Waals surface area contributed by atoms with Gasteiger partial charge >= 0.3 is 0 Å². The SMILES string of the molecule is O=C(Nc1ccc(-n2cccn2)c(F)c1)C(Cc1ccccc1)n1cnnn1. The molecule has 2 heterocycles. The fraction of sp³-hybridized carbons (Fsp3) is 0.105. The third-order valence-corrected chi connectivity index (χ3v) is 4.23. The first-order valence-corrected chi connectivity index (χ1v) is 8.57. The lowest BCUT2D eigenvalue weighted by molar-refractivity contribution is -0.119. The van der Waals surface area contributed by atoms with Crippen molar-refractivity contribution in [1.29, 1.82) is 0 Å². The topological polar surface area (TPSA) is 90.5 Å². The van der Waals surface area contributed by atoms with E-state index < -0.39 is 11.9 Å². The van der Waals surface area contributed by atoms with Crippen molar-refractivity contribution in [1.82, 2.24) is 30.0 Å². The normalized spacial score (nSPS) is 11.9. The Kier molecular flexibility index (Phi) is 4.87. The van der Waals surface area contributed by atoms with Crippen molar-refractivity contribution in [2.24, 2.45) is 0 Å². The van der Waals surface area contributed by atoms with Crippen LogP contribution in [0.15, 0.2) is 73.3 Å². The molecule has 0 radical (unpaired) electrons. The van der Waals surface area contributed by atoms with Gasteiger partial charge in [0.05, 0.1) is 0 Å². The number of carbonyl (C=O) groups excluding carboxylic acids is 1. The van der Waals surface area contributed by atoms with Crippen LogP contribution in [0.3, 0.4) is 0 Å². The van der Waals surface area contributed by atoms with Gasteiger partial charge in [-0.25, -0.2) is 13.8 Å². The van der Waals surface area contributed by atoms with Gasteiger partial charge in [-0.15, -0.1) is 5.10 Å². The fourth-order valence-electron chi connectivity index (χ4n) is 2.86. The average Bonchev–Trinajstić information content (AvgIpc) is 3.41.